The van der Waals surface area contributed by atoms with Crippen LogP contribution in [-0.4, -0.2) is 44.7 Å². The van der Waals surface area contributed by atoms with Crippen LogP contribution < -0.4 is 0 Å². The molecule has 48 heavy (non-hydrogen) atoms. The molecule has 0 spiro atoms. The van der Waals surface area contributed by atoms with E-state index in [1.165, 1.54) is 12.1 Å². The number of azide groups is 1. The highest BCUT2D eigenvalue weighted by atomic mass is 32.2. The summed E-state index contributed by atoms with van der Waals surface area (Å²) < 4.78 is 40.9. The van der Waals surface area contributed by atoms with Gasteiger partial charge < -0.3 is 9.47 Å². The van der Waals surface area contributed by atoms with E-state index in [1.54, 1.807) is 32.9 Å². The van der Waals surface area contributed by atoms with Crippen molar-refractivity contribution in [2.75, 3.05) is 13.2 Å². The van der Waals surface area contributed by atoms with Crippen molar-refractivity contribution in [2.45, 2.75) is 90.2 Å². The summed E-state index contributed by atoms with van der Waals surface area (Å²) in [5.41, 5.74) is 10.4. The van der Waals surface area contributed by atoms with Crippen LogP contribution in [0.5, 0.6) is 0 Å². The molecule has 10 nitrogen and oxygen atoms in total. The molecule has 0 aromatic heterocycles. The van der Waals surface area contributed by atoms with E-state index < -0.39 is 21.3 Å². The van der Waals surface area contributed by atoms with Crippen LogP contribution in [0, 0.1) is 18.8 Å². The molecule has 0 saturated carbocycles. The zero-order chi connectivity index (χ0) is 35.8. The standard InChI is InChI=1S/C22H28O5S.C15H21N3O2/c1-17-10-12-20(13-11-17)28(24,25)26-16-19(14-18-8-6-5-7-9-18)15-21(23)27-22(2,3)4;1-15(2,3)20-14(19)10-13(11-17-18-16)9-12-7-5-4-6-8-12/h5-13,19H,14-16H2,1-4H3;4-8,13H,9-11H2,1-3H3/t19-;13-/m11/s1. The van der Waals surface area contributed by atoms with Gasteiger partial charge in [0.1, 0.15) is 11.2 Å². The molecule has 0 unspecified atom stereocenters. The van der Waals surface area contributed by atoms with Gasteiger partial charge in [0.05, 0.1) is 17.9 Å². The molecule has 0 aliphatic heterocycles. The van der Waals surface area contributed by atoms with E-state index in [-0.39, 0.29) is 48.1 Å². The lowest BCUT2D eigenvalue weighted by molar-refractivity contribution is -0.157. The van der Waals surface area contributed by atoms with Gasteiger partial charge in [0.2, 0.25) is 0 Å². The van der Waals surface area contributed by atoms with Crippen LogP contribution in [-0.2, 0) is 46.2 Å². The normalized spacial score (nSPS) is 12.8. The van der Waals surface area contributed by atoms with Gasteiger partial charge in [-0.05, 0) is 102 Å². The summed E-state index contributed by atoms with van der Waals surface area (Å²) in [5, 5.41) is 3.59. The van der Waals surface area contributed by atoms with E-state index >= 15 is 0 Å². The van der Waals surface area contributed by atoms with Crippen molar-refractivity contribution in [3.05, 3.63) is 112 Å². The number of carbonyl (C=O) groups is 2. The highest BCUT2D eigenvalue weighted by Gasteiger charge is 2.24. The summed E-state index contributed by atoms with van der Waals surface area (Å²) in [6.45, 7) is 13.0. The number of esters is 2. The van der Waals surface area contributed by atoms with Gasteiger partial charge in [-0.25, -0.2) is 0 Å². The number of hydrogen-bond acceptors (Lipinski definition) is 8. The second kappa shape index (κ2) is 19.0. The monoisotopic (exact) mass is 679 g/mol. The number of ether oxygens (including phenoxy) is 2. The Hall–Kier alpha value is -4.18. The molecule has 0 aliphatic rings. The Morgan fingerprint density at radius 3 is 1.60 bits per heavy atom. The minimum Gasteiger partial charge on any atom is -0.460 e. The molecule has 3 rings (SSSR count). The van der Waals surface area contributed by atoms with Crippen LogP contribution in [0.3, 0.4) is 0 Å². The first-order chi connectivity index (χ1) is 22.5. The molecule has 0 aliphatic carbocycles. The fourth-order valence-electron chi connectivity index (χ4n) is 4.63. The SMILES string of the molecule is CC(C)(C)OC(=O)C[C@H](CN=[N+]=[N-])Cc1ccccc1.Cc1ccc(S(=O)(=O)OC[C@@H](CC(=O)OC(C)(C)C)Cc2ccccc2)cc1. The Labute approximate surface area is 285 Å². The smallest absolute Gasteiger partial charge is 0.306 e. The maximum atomic E-state index is 12.5. The lowest BCUT2D eigenvalue weighted by Crippen LogP contribution is -2.27. The number of carbonyl (C=O) groups excluding carboxylic acids is 2. The van der Waals surface area contributed by atoms with Gasteiger partial charge in [0.25, 0.3) is 10.1 Å². The Morgan fingerprint density at radius 1 is 0.729 bits per heavy atom. The Kier molecular flexibility index (Phi) is 15.8. The van der Waals surface area contributed by atoms with E-state index in [2.05, 4.69) is 10.0 Å². The molecule has 3 aromatic rings. The molecule has 2 atom stereocenters. The quantitative estimate of drug-likeness (QED) is 0.0549. The summed E-state index contributed by atoms with van der Waals surface area (Å²) in [5.74, 6) is -0.989. The van der Waals surface area contributed by atoms with Crippen LogP contribution in [0.15, 0.2) is 94.9 Å². The first-order valence-electron chi connectivity index (χ1n) is 15.9. The van der Waals surface area contributed by atoms with Crippen molar-refractivity contribution in [2.24, 2.45) is 17.0 Å². The average Bonchev–Trinajstić information content (AvgIpc) is 2.98. The van der Waals surface area contributed by atoms with Crippen molar-refractivity contribution < 1.29 is 31.7 Å². The molecule has 260 valence electrons. The van der Waals surface area contributed by atoms with Crippen molar-refractivity contribution in [1.82, 2.24) is 0 Å². The largest absolute Gasteiger partial charge is 0.460 e. The summed E-state index contributed by atoms with van der Waals surface area (Å²) >= 11 is 0. The maximum absolute atomic E-state index is 12.5. The average molecular weight is 680 g/mol. The number of aryl methyl sites for hydroxylation is 1. The van der Waals surface area contributed by atoms with Gasteiger partial charge in [-0.15, -0.1) is 0 Å². The van der Waals surface area contributed by atoms with Gasteiger partial charge in [-0.3, -0.25) is 13.8 Å². The summed E-state index contributed by atoms with van der Waals surface area (Å²) in [7, 11) is -3.89. The molecule has 0 amide bonds. The molecule has 3 aromatic carbocycles. The maximum Gasteiger partial charge on any atom is 0.306 e. The van der Waals surface area contributed by atoms with Gasteiger partial charge in [0, 0.05) is 17.9 Å². The fraction of sp³-hybridized carbons (Fsp3) is 0.459. The second-order valence-corrected chi connectivity index (χ2v) is 15.3. The zero-order valence-corrected chi connectivity index (χ0v) is 29.9. The third-order valence-corrected chi connectivity index (χ3v) is 7.95. The molecule has 0 radical (unpaired) electrons. The summed E-state index contributed by atoms with van der Waals surface area (Å²) in [4.78, 5) is 27.0. The lowest BCUT2D eigenvalue weighted by Gasteiger charge is -2.22. The number of nitrogens with zero attached hydrogens (tertiary/aromatic N) is 3. The number of benzene rings is 3. The third kappa shape index (κ3) is 17.1. The minimum atomic E-state index is -3.89. The van der Waals surface area contributed by atoms with Gasteiger partial charge in [-0.2, -0.15) is 8.42 Å². The Balaban J connectivity index is 0.000000353. The Bertz CT molecular complexity index is 1580. The van der Waals surface area contributed by atoms with E-state index in [0.29, 0.717) is 19.4 Å². The van der Waals surface area contributed by atoms with E-state index in [1.807, 2.05) is 88.4 Å². The molecule has 0 saturated heterocycles. The molecular formula is C37H49N3O7S. The van der Waals surface area contributed by atoms with Gasteiger partial charge in [-0.1, -0.05) is 83.5 Å². The molecule has 0 N–H and O–H groups in total. The van der Waals surface area contributed by atoms with Gasteiger partial charge in [0.15, 0.2) is 0 Å². The predicted molar refractivity (Wildman–Crippen MR) is 187 cm³/mol. The van der Waals surface area contributed by atoms with Crippen molar-refractivity contribution in [3.8, 4) is 0 Å². The summed E-state index contributed by atoms with van der Waals surface area (Å²) in [6, 6.07) is 25.9. The van der Waals surface area contributed by atoms with Crippen LogP contribution >= 0.6 is 0 Å². The number of hydrogen-bond donors (Lipinski definition) is 0. The Morgan fingerprint density at radius 2 is 1.17 bits per heavy atom. The third-order valence-electron chi connectivity index (χ3n) is 6.66. The van der Waals surface area contributed by atoms with E-state index in [0.717, 1.165) is 16.7 Å². The first-order valence-corrected chi connectivity index (χ1v) is 17.3. The van der Waals surface area contributed by atoms with Crippen molar-refractivity contribution >= 4 is 22.1 Å². The minimum absolute atomic E-state index is 0.0388. The van der Waals surface area contributed by atoms with Crippen molar-refractivity contribution in [3.63, 3.8) is 0 Å². The molecule has 11 heteroatoms. The topological polar surface area (TPSA) is 145 Å². The highest BCUT2D eigenvalue weighted by Crippen LogP contribution is 2.21. The molecular weight excluding hydrogens is 630 g/mol. The second-order valence-electron chi connectivity index (χ2n) is 13.7. The lowest BCUT2D eigenvalue weighted by atomic mass is 9.96. The van der Waals surface area contributed by atoms with E-state index in [9.17, 15) is 18.0 Å². The number of rotatable bonds is 14. The zero-order valence-electron chi connectivity index (χ0n) is 29.1. The molecule has 0 fully saturated rings. The van der Waals surface area contributed by atoms with Crippen molar-refractivity contribution in [1.29, 1.82) is 0 Å². The van der Waals surface area contributed by atoms with Crippen LogP contribution in [0.2, 0.25) is 0 Å². The van der Waals surface area contributed by atoms with Crippen LogP contribution in [0.25, 0.3) is 10.4 Å². The highest BCUT2D eigenvalue weighted by molar-refractivity contribution is 7.86. The summed E-state index contributed by atoms with van der Waals surface area (Å²) in [6.07, 6.45) is 1.55. The first kappa shape index (κ1) is 40.0. The molecule has 0 bridgehead atoms. The fourth-order valence-corrected chi connectivity index (χ4v) is 5.61. The van der Waals surface area contributed by atoms with Crippen LogP contribution in [0.1, 0.15) is 71.1 Å². The predicted octanol–water partition coefficient (Wildman–Crippen LogP) is 8.18. The van der Waals surface area contributed by atoms with Gasteiger partial charge >= 0.3 is 11.9 Å². The van der Waals surface area contributed by atoms with E-state index in [4.69, 9.17) is 19.2 Å². The molecule has 0 heterocycles. The van der Waals surface area contributed by atoms with Crippen LogP contribution in [0.4, 0.5) is 0 Å².